The highest BCUT2D eigenvalue weighted by Crippen LogP contribution is 2.12. The number of carbonyl (C=O) groups excluding carboxylic acids is 1. The molecule has 2 fully saturated rings. The molecule has 0 spiro atoms. The highest BCUT2D eigenvalue weighted by molar-refractivity contribution is 5.78. The lowest BCUT2D eigenvalue weighted by Gasteiger charge is -2.31. The normalized spacial score (nSPS) is 27.8. The second-order valence-electron chi connectivity index (χ2n) is 5.33. The zero-order chi connectivity index (χ0) is 12.1. The first-order valence-electron chi connectivity index (χ1n) is 6.94. The molecule has 17 heavy (non-hydrogen) atoms. The third-order valence-corrected chi connectivity index (χ3v) is 3.80. The highest BCUT2D eigenvalue weighted by Gasteiger charge is 2.22. The second kappa shape index (κ2) is 6.36. The van der Waals surface area contributed by atoms with Crippen molar-refractivity contribution in [2.24, 2.45) is 0 Å². The Kier molecular flexibility index (Phi) is 4.80. The smallest absolute Gasteiger partial charge is 0.236 e. The molecule has 0 aliphatic carbocycles. The van der Waals surface area contributed by atoms with E-state index in [0.29, 0.717) is 13.1 Å². The third kappa shape index (κ3) is 3.96. The predicted octanol–water partition coefficient (Wildman–Crippen LogP) is 0.846. The fourth-order valence-electron chi connectivity index (χ4n) is 2.79. The number of amides is 1. The summed E-state index contributed by atoms with van der Waals surface area (Å²) in [4.78, 5) is 16.2. The molecule has 4 heteroatoms. The molecular weight excluding hydrogens is 216 g/mol. The number of hydrogen-bond acceptors (Lipinski definition) is 3. The first-order valence-corrected chi connectivity index (χ1v) is 6.94. The highest BCUT2D eigenvalue weighted by atomic mass is 16.3. The Balaban J connectivity index is 1.78. The lowest BCUT2D eigenvalue weighted by atomic mass is 10.1. The molecule has 2 aliphatic heterocycles. The van der Waals surface area contributed by atoms with Gasteiger partial charge in [-0.3, -0.25) is 9.69 Å². The monoisotopic (exact) mass is 240 g/mol. The maximum Gasteiger partial charge on any atom is 0.236 e. The summed E-state index contributed by atoms with van der Waals surface area (Å²) in [6.45, 7) is 3.97. The largest absolute Gasteiger partial charge is 0.392 e. The molecule has 0 aromatic rings. The molecule has 0 bridgehead atoms. The third-order valence-electron chi connectivity index (χ3n) is 3.80. The number of likely N-dealkylation sites (tertiary alicyclic amines) is 2. The van der Waals surface area contributed by atoms with Crippen molar-refractivity contribution in [1.29, 1.82) is 0 Å². The zero-order valence-electron chi connectivity index (χ0n) is 10.6. The van der Waals surface area contributed by atoms with Gasteiger partial charge in [-0.1, -0.05) is 12.8 Å². The molecule has 0 saturated carbocycles. The summed E-state index contributed by atoms with van der Waals surface area (Å²) in [5, 5.41) is 9.58. The van der Waals surface area contributed by atoms with E-state index in [2.05, 4.69) is 4.90 Å². The van der Waals surface area contributed by atoms with Gasteiger partial charge in [0.15, 0.2) is 0 Å². The van der Waals surface area contributed by atoms with Crippen LogP contribution < -0.4 is 0 Å². The van der Waals surface area contributed by atoms with E-state index in [4.69, 9.17) is 0 Å². The van der Waals surface area contributed by atoms with Crippen LogP contribution in [-0.2, 0) is 4.79 Å². The van der Waals surface area contributed by atoms with Gasteiger partial charge >= 0.3 is 0 Å². The summed E-state index contributed by atoms with van der Waals surface area (Å²) in [5.74, 6) is 0.251. The number of carbonyl (C=O) groups is 1. The van der Waals surface area contributed by atoms with E-state index < -0.39 is 0 Å². The second-order valence-corrected chi connectivity index (χ2v) is 5.33. The number of aliphatic hydroxyl groups excluding tert-OH is 1. The summed E-state index contributed by atoms with van der Waals surface area (Å²) in [6, 6.07) is 0. The molecule has 1 amide bonds. The lowest BCUT2D eigenvalue weighted by molar-refractivity contribution is -0.133. The summed E-state index contributed by atoms with van der Waals surface area (Å²) in [5.41, 5.74) is 0. The van der Waals surface area contributed by atoms with Gasteiger partial charge in [0.2, 0.25) is 5.91 Å². The topological polar surface area (TPSA) is 43.8 Å². The van der Waals surface area contributed by atoms with Gasteiger partial charge in [0, 0.05) is 19.6 Å². The van der Waals surface area contributed by atoms with Gasteiger partial charge in [0.05, 0.1) is 12.6 Å². The molecule has 4 nitrogen and oxygen atoms in total. The summed E-state index contributed by atoms with van der Waals surface area (Å²) < 4.78 is 0. The van der Waals surface area contributed by atoms with Crippen LogP contribution in [0.3, 0.4) is 0 Å². The molecule has 1 N–H and O–H groups in total. The molecule has 2 saturated heterocycles. The van der Waals surface area contributed by atoms with Crippen LogP contribution in [0.5, 0.6) is 0 Å². The van der Waals surface area contributed by atoms with Crippen LogP contribution in [0, 0.1) is 0 Å². The maximum absolute atomic E-state index is 12.1. The van der Waals surface area contributed by atoms with E-state index in [1.54, 1.807) is 0 Å². The number of rotatable bonds is 2. The van der Waals surface area contributed by atoms with Crippen molar-refractivity contribution in [2.75, 3.05) is 32.7 Å². The van der Waals surface area contributed by atoms with Gasteiger partial charge in [0.1, 0.15) is 0 Å². The Morgan fingerprint density at radius 2 is 1.76 bits per heavy atom. The minimum atomic E-state index is -0.235. The Labute approximate surface area is 104 Å². The molecule has 0 unspecified atom stereocenters. The molecule has 0 aromatic carbocycles. The average Bonchev–Trinajstić information content (AvgIpc) is 2.57. The number of nitrogens with zero attached hydrogens (tertiary/aromatic N) is 2. The molecule has 2 rings (SSSR count). The van der Waals surface area contributed by atoms with Gasteiger partial charge in [-0.2, -0.15) is 0 Å². The number of aliphatic hydroxyl groups is 1. The minimum Gasteiger partial charge on any atom is -0.392 e. The van der Waals surface area contributed by atoms with E-state index in [1.807, 2.05) is 4.90 Å². The molecular formula is C13H24N2O2. The minimum absolute atomic E-state index is 0.235. The maximum atomic E-state index is 12.1. The standard InChI is InChI=1S/C13H24N2O2/c16-12-6-5-7-14(10-12)11-13(17)15-8-3-1-2-4-9-15/h12,16H,1-11H2/t12-/m0/s1. The number of piperidine rings is 1. The molecule has 0 aromatic heterocycles. The van der Waals surface area contributed by atoms with E-state index in [1.165, 1.54) is 12.8 Å². The van der Waals surface area contributed by atoms with Gasteiger partial charge in [-0.25, -0.2) is 0 Å². The van der Waals surface area contributed by atoms with Crippen LogP contribution in [0.2, 0.25) is 0 Å². The van der Waals surface area contributed by atoms with Crippen molar-refractivity contribution in [2.45, 2.75) is 44.6 Å². The fourth-order valence-corrected chi connectivity index (χ4v) is 2.79. The SMILES string of the molecule is O=C(CN1CCC[C@H](O)C1)N1CCCCCC1. The van der Waals surface area contributed by atoms with Gasteiger partial charge < -0.3 is 10.0 Å². The predicted molar refractivity (Wildman–Crippen MR) is 66.7 cm³/mol. The van der Waals surface area contributed by atoms with Crippen LogP contribution in [0.1, 0.15) is 38.5 Å². The molecule has 0 radical (unpaired) electrons. The van der Waals surface area contributed by atoms with Crippen molar-refractivity contribution in [3.8, 4) is 0 Å². The van der Waals surface area contributed by atoms with Crippen LogP contribution in [-0.4, -0.2) is 59.6 Å². The van der Waals surface area contributed by atoms with E-state index in [9.17, 15) is 9.90 Å². The lowest BCUT2D eigenvalue weighted by Crippen LogP contribution is -2.45. The van der Waals surface area contributed by atoms with Crippen LogP contribution in [0.25, 0.3) is 0 Å². The van der Waals surface area contributed by atoms with E-state index in [-0.39, 0.29) is 12.0 Å². The van der Waals surface area contributed by atoms with Gasteiger partial charge in [-0.15, -0.1) is 0 Å². The quantitative estimate of drug-likeness (QED) is 0.778. The van der Waals surface area contributed by atoms with E-state index >= 15 is 0 Å². The van der Waals surface area contributed by atoms with Crippen LogP contribution in [0.15, 0.2) is 0 Å². The summed E-state index contributed by atoms with van der Waals surface area (Å²) in [7, 11) is 0. The van der Waals surface area contributed by atoms with Crippen LogP contribution >= 0.6 is 0 Å². The molecule has 2 aliphatic rings. The Bertz CT molecular complexity index is 250. The molecule has 98 valence electrons. The van der Waals surface area contributed by atoms with Gasteiger partial charge in [0.25, 0.3) is 0 Å². The zero-order valence-corrected chi connectivity index (χ0v) is 10.6. The van der Waals surface area contributed by atoms with Crippen molar-refractivity contribution in [1.82, 2.24) is 9.80 Å². The summed E-state index contributed by atoms with van der Waals surface area (Å²) >= 11 is 0. The number of hydrogen-bond donors (Lipinski definition) is 1. The van der Waals surface area contributed by atoms with E-state index in [0.717, 1.165) is 45.3 Å². The fraction of sp³-hybridized carbons (Fsp3) is 0.923. The van der Waals surface area contributed by atoms with Crippen molar-refractivity contribution in [3.05, 3.63) is 0 Å². The van der Waals surface area contributed by atoms with Crippen molar-refractivity contribution < 1.29 is 9.90 Å². The Morgan fingerprint density at radius 1 is 1.06 bits per heavy atom. The Hall–Kier alpha value is -0.610. The molecule has 2 heterocycles. The van der Waals surface area contributed by atoms with Gasteiger partial charge in [-0.05, 0) is 32.2 Å². The van der Waals surface area contributed by atoms with Crippen molar-refractivity contribution in [3.63, 3.8) is 0 Å². The first kappa shape index (κ1) is 12.8. The molecule has 1 atom stereocenters. The van der Waals surface area contributed by atoms with Crippen molar-refractivity contribution >= 4 is 5.91 Å². The first-order chi connectivity index (χ1) is 8.25. The van der Waals surface area contributed by atoms with Crippen LogP contribution in [0.4, 0.5) is 0 Å². The average molecular weight is 240 g/mol. The number of β-amino-alcohol motifs (C(OH)–C–C–N with tert-alkyl or cyclic N) is 1. The Morgan fingerprint density at radius 3 is 2.41 bits per heavy atom. The summed E-state index contributed by atoms with van der Waals surface area (Å²) in [6.07, 6.45) is 6.46.